The van der Waals surface area contributed by atoms with Crippen LogP contribution in [0.5, 0.6) is 0 Å². The summed E-state index contributed by atoms with van der Waals surface area (Å²) >= 11 is 5.89. The summed E-state index contributed by atoms with van der Waals surface area (Å²) in [5.74, 6) is 1.70. The predicted octanol–water partition coefficient (Wildman–Crippen LogP) is 2.42. The van der Waals surface area contributed by atoms with E-state index in [1.807, 2.05) is 13.1 Å². The van der Waals surface area contributed by atoms with Gasteiger partial charge in [0.05, 0.1) is 6.04 Å². The molecule has 0 bridgehead atoms. The first-order chi connectivity index (χ1) is 8.27. The van der Waals surface area contributed by atoms with Crippen molar-refractivity contribution in [2.45, 2.75) is 12.5 Å². The van der Waals surface area contributed by atoms with Crippen molar-refractivity contribution in [1.82, 2.24) is 4.90 Å². The Morgan fingerprint density at radius 3 is 2.65 bits per heavy atom. The third-order valence-corrected chi connectivity index (χ3v) is 3.30. The summed E-state index contributed by atoms with van der Waals surface area (Å²) in [6.45, 7) is 0.980. The van der Waals surface area contributed by atoms with Gasteiger partial charge in [-0.05, 0) is 18.6 Å². The maximum absolute atomic E-state index is 5.89. The Hall–Kier alpha value is -1.22. The molecule has 4 heteroatoms. The van der Waals surface area contributed by atoms with Gasteiger partial charge in [-0.15, -0.1) is 11.6 Å². The van der Waals surface area contributed by atoms with E-state index >= 15 is 0 Å². The lowest BCUT2D eigenvalue weighted by Gasteiger charge is -2.25. The van der Waals surface area contributed by atoms with Crippen LogP contribution in [0.4, 0.5) is 5.69 Å². The number of halogens is 1. The summed E-state index contributed by atoms with van der Waals surface area (Å²) in [5.41, 5.74) is 1.19. The van der Waals surface area contributed by atoms with Gasteiger partial charge in [-0.1, -0.05) is 18.2 Å². The highest BCUT2D eigenvalue weighted by Crippen LogP contribution is 2.25. The van der Waals surface area contributed by atoms with Crippen molar-refractivity contribution in [3.63, 3.8) is 0 Å². The second-order valence-electron chi connectivity index (χ2n) is 4.24. The first-order valence-corrected chi connectivity index (χ1v) is 6.39. The smallest absolute Gasteiger partial charge is 0.201 e. The number of rotatable bonds is 3. The molecule has 1 heterocycles. The monoisotopic (exact) mass is 251 g/mol. The minimum atomic E-state index is 0.415. The van der Waals surface area contributed by atoms with E-state index in [1.165, 1.54) is 5.69 Å². The number of para-hydroxylation sites is 1. The van der Waals surface area contributed by atoms with E-state index in [0.29, 0.717) is 11.9 Å². The van der Waals surface area contributed by atoms with Crippen molar-refractivity contribution in [1.29, 1.82) is 0 Å². The van der Waals surface area contributed by atoms with Crippen molar-refractivity contribution in [2.24, 2.45) is 4.99 Å². The van der Waals surface area contributed by atoms with Gasteiger partial charge in [-0.3, -0.25) is 4.99 Å². The molecule has 1 aromatic rings. The van der Waals surface area contributed by atoms with Crippen molar-refractivity contribution < 1.29 is 0 Å². The van der Waals surface area contributed by atoms with Gasteiger partial charge in [0, 0.05) is 32.2 Å². The highest BCUT2D eigenvalue weighted by molar-refractivity contribution is 6.18. The average Bonchev–Trinajstić information content (AvgIpc) is 2.67. The molecule has 1 aliphatic heterocycles. The van der Waals surface area contributed by atoms with Gasteiger partial charge in [-0.25, -0.2) is 0 Å². The molecule has 1 fully saturated rings. The SMILES string of the molecule is C/N=C1/N(C)CC(CCCl)N1c1ccccc1. The third-order valence-electron chi connectivity index (χ3n) is 3.08. The molecular weight excluding hydrogens is 234 g/mol. The van der Waals surface area contributed by atoms with Gasteiger partial charge in [-0.2, -0.15) is 0 Å². The Bertz CT molecular complexity index is 391. The van der Waals surface area contributed by atoms with E-state index in [-0.39, 0.29) is 0 Å². The van der Waals surface area contributed by atoms with Gasteiger partial charge in [0.2, 0.25) is 5.96 Å². The van der Waals surface area contributed by atoms with Crippen molar-refractivity contribution in [3.8, 4) is 0 Å². The van der Waals surface area contributed by atoms with Crippen LogP contribution in [-0.4, -0.2) is 43.4 Å². The zero-order valence-corrected chi connectivity index (χ0v) is 11.1. The maximum atomic E-state index is 5.89. The molecule has 92 valence electrons. The van der Waals surface area contributed by atoms with Crippen LogP contribution in [0.25, 0.3) is 0 Å². The molecule has 1 aromatic carbocycles. The zero-order chi connectivity index (χ0) is 12.3. The molecular formula is C13H18ClN3. The molecule has 0 N–H and O–H groups in total. The molecule has 0 aromatic heterocycles. The van der Waals surface area contributed by atoms with Crippen LogP contribution in [0.15, 0.2) is 35.3 Å². The van der Waals surface area contributed by atoms with E-state index in [4.69, 9.17) is 11.6 Å². The number of guanidine groups is 1. The molecule has 1 aliphatic rings. The molecule has 2 rings (SSSR count). The Kier molecular flexibility index (Phi) is 3.89. The molecule has 0 radical (unpaired) electrons. The normalized spacial score (nSPS) is 22.5. The molecule has 17 heavy (non-hydrogen) atoms. The number of aliphatic imine (C=N–C) groups is 1. The molecule has 0 saturated carbocycles. The van der Waals surface area contributed by atoms with E-state index in [9.17, 15) is 0 Å². The number of benzene rings is 1. The van der Waals surface area contributed by atoms with E-state index < -0.39 is 0 Å². The first kappa shape index (κ1) is 12.2. The molecule has 1 saturated heterocycles. The van der Waals surface area contributed by atoms with Crippen LogP contribution in [0.1, 0.15) is 6.42 Å². The fourth-order valence-electron chi connectivity index (χ4n) is 2.37. The fourth-order valence-corrected chi connectivity index (χ4v) is 2.62. The van der Waals surface area contributed by atoms with Gasteiger partial charge < -0.3 is 9.80 Å². The average molecular weight is 252 g/mol. The van der Waals surface area contributed by atoms with E-state index in [1.54, 1.807) is 0 Å². The molecule has 0 amide bonds. The lowest BCUT2D eigenvalue weighted by atomic mass is 10.2. The number of hydrogen-bond donors (Lipinski definition) is 0. The molecule has 1 atom stereocenters. The van der Waals surface area contributed by atoms with Crippen LogP contribution < -0.4 is 4.90 Å². The Labute approximate surface area is 108 Å². The molecule has 1 unspecified atom stereocenters. The van der Waals surface area contributed by atoms with Crippen LogP contribution in [0, 0.1) is 0 Å². The van der Waals surface area contributed by atoms with E-state index in [0.717, 1.165) is 18.9 Å². The van der Waals surface area contributed by atoms with Crippen LogP contribution in [0.3, 0.4) is 0 Å². The maximum Gasteiger partial charge on any atom is 0.201 e. The van der Waals surface area contributed by atoms with Crippen molar-refractivity contribution >= 4 is 23.2 Å². The summed E-state index contributed by atoms with van der Waals surface area (Å²) in [6, 6.07) is 10.8. The van der Waals surface area contributed by atoms with Gasteiger partial charge in [0.15, 0.2) is 0 Å². The zero-order valence-electron chi connectivity index (χ0n) is 10.3. The van der Waals surface area contributed by atoms with Crippen molar-refractivity contribution in [3.05, 3.63) is 30.3 Å². The first-order valence-electron chi connectivity index (χ1n) is 5.86. The standard InChI is InChI=1S/C13H18ClN3/c1-15-13-16(2)10-12(8-9-14)17(13)11-6-4-3-5-7-11/h3-7,12H,8-10H2,1-2H3/b15-13-. The fraction of sp³-hybridized carbons (Fsp3) is 0.462. The number of hydrogen-bond acceptors (Lipinski definition) is 1. The number of alkyl halides is 1. The Morgan fingerprint density at radius 1 is 1.35 bits per heavy atom. The number of likely N-dealkylation sites (N-methyl/N-ethyl adjacent to an activating group) is 1. The predicted molar refractivity (Wildman–Crippen MR) is 74.0 cm³/mol. The van der Waals surface area contributed by atoms with Crippen LogP contribution in [0.2, 0.25) is 0 Å². The summed E-state index contributed by atoms with van der Waals surface area (Å²) in [4.78, 5) is 8.85. The van der Waals surface area contributed by atoms with Gasteiger partial charge in [0.1, 0.15) is 0 Å². The minimum absolute atomic E-state index is 0.415. The van der Waals surface area contributed by atoms with E-state index in [2.05, 4.69) is 46.1 Å². The van der Waals surface area contributed by atoms with Crippen LogP contribution >= 0.6 is 11.6 Å². The molecule has 0 aliphatic carbocycles. The summed E-state index contributed by atoms with van der Waals surface area (Å²) < 4.78 is 0. The van der Waals surface area contributed by atoms with Crippen molar-refractivity contribution in [2.75, 3.05) is 31.4 Å². The Balaban J connectivity index is 2.32. The second-order valence-corrected chi connectivity index (χ2v) is 4.62. The van der Waals surface area contributed by atoms with Gasteiger partial charge >= 0.3 is 0 Å². The van der Waals surface area contributed by atoms with Gasteiger partial charge in [0.25, 0.3) is 0 Å². The highest BCUT2D eigenvalue weighted by Gasteiger charge is 2.33. The third kappa shape index (κ3) is 2.39. The molecule has 0 spiro atoms. The highest BCUT2D eigenvalue weighted by atomic mass is 35.5. The number of nitrogens with zero attached hydrogens (tertiary/aromatic N) is 3. The quantitative estimate of drug-likeness (QED) is 0.769. The van der Waals surface area contributed by atoms with Crippen LogP contribution in [-0.2, 0) is 0 Å². The largest absolute Gasteiger partial charge is 0.344 e. The second kappa shape index (κ2) is 5.41. The lowest BCUT2D eigenvalue weighted by molar-refractivity contribution is 0.505. The topological polar surface area (TPSA) is 18.8 Å². The lowest BCUT2D eigenvalue weighted by Crippen LogP contribution is -2.35. The summed E-state index contributed by atoms with van der Waals surface area (Å²) in [5, 5.41) is 0. The number of anilines is 1. The minimum Gasteiger partial charge on any atom is -0.344 e. The molecule has 3 nitrogen and oxygen atoms in total. The Morgan fingerprint density at radius 2 is 2.06 bits per heavy atom. The summed E-state index contributed by atoms with van der Waals surface area (Å²) in [7, 11) is 3.91. The summed E-state index contributed by atoms with van der Waals surface area (Å²) in [6.07, 6.45) is 0.972.